The normalized spacial score (nSPS) is 11.5. The van der Waals surface area contributed by atoms with Crippen molar-refractivity contribution < 1.29 is 0 Å². The summed E-state index contributed by atoms with van der Waals surface area (Å²) in [7, 11) is 1.98. The number of rotatable bonds is 6. The lowest BCUT2D eigenvalue weighted by Crippen LogP contribution is -2.06. The van der Waals surface area contributed by atoms with Gasteiger partial charge in [-0.2, -0.15) is 5.10 Å². The predicted octanol–water partition coefficient (Wildman–Crippen LogP) is 2.67. The SMILES string of the molecule is CCCc1nn(C)c2c1[nH]c(=S)n2CCCn1ccnc1. The summed E-state index contributed by atoms with van der Waals surface area (Å²) < 4.78 is 6.94. The predicted molar refractivity (Wildman–Crippen MR) is 84.7 cm³/mol. The van der Waals surface area contributed by atoms with Gasteiger partial charge in [-0.05, 0) is 25.1 Å². The van der Waals surface area contributed by atoms with E-state index in [1.807, 2.05) is 24.3 Å². The molecule has 1 N–H and O–H groups in total. The number of fused-ring (bicyclic) bond motifs is 1. The van der Waals surface area contributed by atoms with Crippen LogP contribution >= 0.6 is 12.2 Å². The molecule has 21 heavy (non-hydrogen) atoms. The van der Waals surface area contributed by atoms with E-state index in [-0.39, 0.29) is 0 Å². The molecule has 3 rings (SSSR count). The minimum Gasteiger partial charge on any atom is -0.337 e. The highest BCUT2D eigenvalue weighted by atomic mass is 32.1. The molecule has 3 heterocycles. The Bertz CT molecular complexity index is 776. The lowest BCUT2D eigenvalue weighted by atomic mass is 10.2. The second-order valence-corrected chi connectivity index (χ2v) is 5.64. The fourth-order valence-electron chi connectivity index (χ4n) is 2.73. The monoisotopic (exact) mass is 304 g/mol. The second kappa shape index (κ2) is 5.85. The first kappa shape index (κ1) is 14.1. The molecule has 0 unspecified atom stereocenters. The minimum atomic E-state index is 0.779. The fourth-order valence-corrected chi connectivity index (χ4v) is 3.01. The van der Waals surface area contributed by atoms with Crippen LogP contribution in [0.25, 0.3) is 11.2 Å². The summed E-state index contributed by atoms with van der Waals surface area (Å²) >= 11 is 5.47. The molecule has 112 valence electrons. The first-order valence-corrected chi connectivity index (χ1v) is 7.71. The number of aromatic amines is 1. The Hall–Kier alpha value is -1.89. The summed E-state index contributed by atoms with van der Waals surface area (Å²) in [5.41, 5.74) is 3.29. The van der Waals surface area contributed by atoms with Crippen molar-refractivity contribution in [3.8, 4) is 0 Å². The molecule has 0 saturated carbocycles. The van der Waals surface area contributed by atoms with E-state index >= 15 is 0 Å². The van der Waals surface area contributed by atoms with Gasteiger partial charge in [0.1, 0.15) is 5.52 Å². The summed E-state index contributed by atoms with van der Waals surface area (Å²) in [4.78, 5) is 7.38. The Kier molecular flexibility index (Phi) is 3.92. The Balaban J connectivity index is 1.84. The van der Waals surface area contributed by atoms with Crippen LogP contribution in [0.4, 0.5) is 0 Å². The highest BCUT2D eigenvalue weighted by Gasteiger charge is 2.14. The van der Waals surface area contributed by atoms with Gasteiger partial charge in [-0.3, -0.25) is 4.68 Å². The zero-order valence-electron chi connectivity index (χ0n) is 12.4. The lowest BCUT2D eigenvalue weighted by molar-refractivity contribution is 0.558. The smallest absolute Gasteiger partial charge is 0.179 e. The lowest BCUT2D eigenvalue weighted by Gasteiger charge is -2.05. The topological polar surface area (TPSA) is 56.4 Å². The van der Waals surface area contributed by atoms with Crippen LogP contribution in [-0.4, -0.2) is 28.9 Å². The molecule has 0 aliphatic carbocycles. The third kappa shape index (κ3) is 2.65. The maximum absolute atomic E-state index is 5.47. The number of aryl methyl sites for hydroxylation is 4. The molecular weight excluding hydrogens is 284 g/mol. The number of nitrogens with zero attached hydrogens (tertiary/aromatic N) is 5. The van der Waals surface area contributed by atoms with Crippen molar-refractivity contribution in [1.82, 2.24) is 28.9 Å². The largest absolute Gasteiger partial charge is 0.337 e. The van der Waals surface area contributed by atoms with Crippen LogP contribution in [0.3, 0.4) is 0 Å². The van der Waals surface area contributed by atoms with Gasteiger partial charge in [0.25, 0.3) is 0 Å². The average molecular weight is 304 g/mol. The molecular formula is C14H20N6S. The van der Waals surface area contributed by atoms with E-state index in [1.54, 1.807) is 6.20 Å². The van der Waals surface area contributed by atoms with Crippen LogP contribution in [0.15, 0.2) is 18.7 Å². The van der Waals surface area contributed by atoms with Crippen LogP contribution in [0, 0.1) is 4.77 Å². The number of hydrogen-bond acceptors (Lipinski definition) is 3. The average Bonchev–Trinajstić information content (AvgIpc) is 3.13. The van der Waals surface area contributed by atoms with Crippen molar-refractivity contribution in [2.24, 2.45) is 7.05 Å². The van der Waals surface area contributed by atoms with Gasteiger partial charge >= 0.3 is 0 Å². The Morgan fingerprint density at radius 3 is 2.90 bits per heavy atom. The highest BCUT2D eigenvalue weighted by molar-refractivity contribution is 7.71. The van der Waals surface area contributed by atoms with Gasteiger partial charge in [-0.1, -0.05) is 13.3 Å². The number of H-pyrrole nitrogens is 1. The molecule has 0 fully saturated rings. The zero-order valence-corrected chi connectivity index (χ0v) is 13.2. The Morgan fingerprint density at radius 2 is 2.19 bits per heavy atom. The van der Waals surface area contributed by atoms with Crippen molar-refractivity contribution in [3.05, 3.63) is 29.2 Å². The summed E-state index contributed by atoms with van der Waals surface area (Å²) in [6.45, 7) is 3.98. The van der Waals surface area contributed by atoms with E-state index in [0.29, 0.717) is 0 Å². The summed E-state index contributed by atoms with van der Waals surface area (Å²) in [6.07, 6.45) is 8.69. The molecule has 3 aromatic heterocycles. The van der Waals surface area contributed by atoms with E-state index in [0.717, 1.165) is 54.0 Å². The summed E-state index contributed by atoms with van der Waals surface area (Å²) in [5, 5.41) is 4.60. The van der Waals surface area contributed by atoms with Gasteiger partial charge in [-0.25, -0.2) is 4.98 Å². The van der Waals surface area contributed by atoms with Gasteiger partial charge < -0.3 is 14.1 Å². The number of hydrogen-bond donors (Lipinski definition) is 1. The molecule has 6 nitrogen and oxygen atoms in total. The molecule has 0 saturated heterocycles. The Morgan fingerprint density at radius 1 is 1.33 bits per heavy atom. The fraction of sp³-hybridized carbons (Fsp3) is 0.500. The van der Waals surface area contributed by atoms with Crippen LogP contribution in [-0.2, 0) is 26.6 Å². The zero-order chi connectivity index (χ0) is 14.8. The molecule has 0 amide bonds. The molecule has 0 bridgehead atoms. The molecule has 3 aromatic rings. The summed E-state index contributed by atoms with van der Waals surface area (Å²) in [6, 6.07) is 0. The van der Waals surface area contributed by atoms with Gasteiger partial charge in [0.05, 0.1) is 12.0 Å². The minimum absolute atomic E-state index is 0.779. The van der Waals surface area contributed by atoms with Crippen LogP contribution < -0.4 is 0 Å². The van der Waals surface area contributed by atoms with Gasteiger partial charge in [0.2, 0.25) is 0 Å². The number of nitrogens with one attached hydrogen (secondary N) is 1. The maximum atomic E-state index is 5.47. The van der Waals surface area contributed by atoms with E-state index < -0.39 is 0 Å². The molecule has 0 aromatic carbocycles. The standard InChI is InChI=1S/C14H20N6S/c1-3-5-11-12-13(18(2)17-11)20(14(21)16-12)8-4-7-19-9-6-15-10-19/h6,9-10H,3-5,7-8H2,1-2H3,(H,16,21). The van der Waals surface area contributed by atoms with E-state index in [4.69, 9.17) is 12.2 Å². The molecule has 0 radical (unpaired) electrons. The molecule has 7 heteroatoms. The third-order valence-corrected chi connectivity index (χ3v) is 3.99. The molecule has 0 atom stereocenters. The van der Waals surface area contributed by atoms with Crippen molar-refractivity contribution >= 4 is 23.4 Å². The molecule has 0 aliphatic heterocycles. The quantitative estimate of drug-likeness (QED) is 0.712. The molecule has 0 spiro atoms. The van der Waals surface area contributed by atoms with E-state index in [2.05, 4.69) is 31.1 Å². The van der Waals surface area contributed by atoms with Crippen LogP contribution in [0.1, 0.15) is 25.5 Å². The van der Waals surface area contributed by atoms with Crippen LogP contribution in [0.2, 0.25) is 0 Å². The first-order valence-electron chi connectivity index (χ1n) is 7.31. The number of aromatic nitrogens is 6. The third-order valence-electron chi connectivity index (χ3n) is 3.67. The second-order valence-electron chi connectivity index (χ2n) is 5.25. The van der Waals surface area contributed by atoms with Crippen LogP contribution in [0.5, 0.6) is 0 Å². The highest BCUT2D eigenvalue weighted by Crippen LogP contribution is 2.19. The molecule has 0 aliphatic rings. The Labute approximate surface area is 128 Å². The van der Waals surface area contributed by atoms with Crippen molar-refractivity contribution in [2.75, 3.05) is 0 Å². The van der Waals surface area contributed by atoms with Gasteiger partial charge in [0.15, 0.2) is 10.4 Å². The van der Waals surface area contributed by atoms with Crippen molar-refractivity contribution in [2.45, 2.75) is 39.3 Å². The maximum Gasteiger partial charge on any atom is 0.179 e. The first-order chi connectivity index (χ1) is 10.2. The van der Waals surface area contributed by atoms with Gasteiger partial charge in [0, 0.05) is 32.5 Å². The summed E-state index contributed by atoms with van der Waals surface area (Å²) in [5.74, 6) is 0. The van der Waals surface area contributed by atoms with Crippen molar-refractivity contribution in [1.29, 1.82) is 0 Å². The van der Waals surface area contributed by atoms with E-state index in [9.17, 15) is 0 Å². The van der Waals surface area contributed by atoms with Crippen molar-refractivity contribution in [3.63, 3.8) is 0 Å². The number of imidazole rings is 2. The van der Waals surface area contributed by atoms with E-state index in [1.165, 1.54) is 0 Å². The van der Waals surface area contributed by atoms with Gasteiger partial charge in [-0.15, -0.1) is 0 Å².